The molecule has 34 heavy (non-hydrogen) atoms. The number of rotatable bonds is 13. The van der Waals surface area contributed by atoms with Gasteiger partial charge in [-0.1, -0.05) is 19.1 Å². The zero-order valence-electron chi connectivity index (χ0n) is 18.3. The van der Waals surface area contributed by atoms with Gasteiger partial charge in [-0.05, 0) is 47.7 Å². The lowest BCUT2D eigenvalue weighted by Crippen LogP contribution is -2.26. The van der Waals surface area contributed by atoms with Crippen molar-refractivity contribution in [3.8, 4) is 5.75 Å². The third-order valence-corrected chi connectivity index (χ3v) is 9.47. The number of carboxylic acid groups (broad SMARTS) is 1. The van der Waals surface area contributed by atoms with Crippen molar-refractivity contribution >= 4 is 43.1 Å². The molecule has 2 rings (SSSR count). The molecule has 1 unspecified atom stereocenters. The van der Waals surface area contributed by atoms with Crippen LogP contribution in [-0.2, 0) is 34.3 Å². The van der Waals surface area contributed by atoms with Gasteiger partial charge in [-0.25, -0.2) is 26.4 Å². The average molecular weight is 533 g/mol. The first-order valence-electron chi connectivity index (χ1n) is 9.82. The molecule has 0 spiro atoms. The molecule has 0 amide bonds. The standard InChI is InChI=1S/C20H24N2O9S3/c1-3-21-16(14-4-6-15(30-2)7-5-14)12-13-33(26,27)19-10-11-20(32-19)34(28,29)22-31-18(25)9-8-17(23)24/h4-11,16,21-22H,3,12-13H2,1-2H3,(H,23,24)/b9-8-. The number of hydrogen-bond donors (Lipinski definition) is 3. The molecule has 0 fully saturated rings. The highest BCUT2D eigenvalue weighted by atomic mass is 32.3. The summed E-state index contributed by atoms with van der Waals surface area (Å²) in [6.45, 7) is 2.52. The summed E-state index contributed by atoms with van der Waals surface area (Å²) in [6, 6.07) is 9.24. The van der Waals surface area contributed by atoms with Gasteiger partial charge in [0.1, 0.15) is 14.2 Å². The van der Waals surface area contributed by atoms with Crippen LogP contribution in [-0.4, -0.2) is 53.3 Å². The van der Waals surface area contributed by atoms with Crippen molar-refractivity contribution in [3.63, 3.8) is 0 Å². The third-order valence-electron chi connectivity index (χ3n) is 4.39. The lowest BCUT2D eigenvalue weighted by molar-refractivity contribution is -0.141. The number of carbonyl (C=O) groups excluding carboxylic acids is 1. The molecule has 0 saturated carbocycles. The number of carbonyl (C=O) groups is 2. The Morgan fingerprint density at radius 3 is 2.29 bits per heavy atom. The monoisotopic (exact) mass is 532 g/mol. The normalized spacial score (nSPS) is 13.0. The summed E-state index contributed by atoms with van der Waals surface area (Å²) < 4.78 is 54.8. The van der Waals surface area contributed by atoms with Gasteiger partial charge in [0.2, 0.25) is 0 Å². The fourth-order valence-corrected chi connectivity index (χ4v) is 6.78. The molecule has 186 valence electrons. The fraction of sp³-hybridized carbons (Fsp3) is 0.300. The van der Waals surface area contributed by atoms with E-state index >= 15 is 0 Å². The largest absolute Gasteiger partial charge is 0.497 e. The van der Waals surface area contributed by atoms with Crippen LogP contribution in [0.15, 0.2) is 57.0 Å². The van der Waals surface area contributed by atoms with E-state index < -0.39 is 31.8 Å². The van der Waals surface area contributed by atoms with Crippen LogP contribution in [0.1, 0.15) is 24.9 Å². The molecular formula is C20H24N2O9S3. The number of thiophene rings is 1. The van der Waals surface area contributed by atoms with Crippen LogP contribution in [0, 0.1) is 0 Å². The number of methoxy groups -OCH3 is 1. The van der Waals surface area contributed by atoms with Crippen LogP contribution in [0.5, 0.6) is 5.75 Å². The molecule has 0 radical (unpaired) electrons. The number of sulfone groups is 1. The van der Waals surface area contributed by atoms with E-state index in [2.05, 4.69) is 10.2 Å². The van der Waals surface area contributed by atoms with Gasteiger partial charge in [0.25, 0.3) is 10.0 Å². The summed E-state index contributed by atoms with van der Waals surface area (Å²) >= 11 is 0.504. The molecule has 1 heterocycles. The first-order valence-corrected chi connectivity index (χ1v) is 13.8. The van der Waals surface area contributed by atoms with E-state index in [0.717, 1.165) is 17.7 Å². The minimum Gasteiger partial charge on any atom is -0.497 e. The molecule has 11 nitrogen and oxygen atoms in total. The second-order valence-corrected chi connectivity index (χ2v) is 12.0. The number of aliphatic carboxylic acids is 1. The Hall–Kier alpha value is -2.78. The Labute approximate surface area is 201 Å². The Bertz CT molecular complexity index is 1230. The number of nitrogens with one attached hydrogen (secondary N) is 2. The molecule has 1 atom stereocenters. The van der Waals surface area contributed by atoms with Gasteiger partial charge in [0.05, 0.1) is 12.9 Å². The van der Waals surface area contributed by atoms with Crippen molar-refractivity contribution in [2.45, 2.75) is 27.8 Å². The molecule has 1 aromatic heterocycles. The number of carboxylic acids is 1. The quantitative estimate of drug-likeness (QED) is 0.255. The maximum Gasteiger partial charge on any atom is 0.350 e. The number of sulfonamides is 1. The molecule has 1 aromatic carbocycles. The average Bonchev–Trinajstić information content (AvgIpc) is 3.32. The van der Waals surface area contributed by atoms with Gasteiger partial charge < -0.3 is 20.0 Å². The molecule has 0 aliphatic carbocycles. The number of benzene rings is 1. The van der Waals surface area contributed by atoms with Crippen LogP contribution in [0.25, 0.3) is 0 Å². The molecule has 0 bridgehead atoms. The predicted molar refractivity (Wildman–Crippen MR) is 124 cm³/mol. The van der Waals surface area contributed by atoms with Crippen molar-refractivity contribution in [3.05, 3.63) is 54.1 Å². The maximum atomic E-state index is 12.8. The van der Waals surface area contributed by atoms with Crippen LogP contribution >= 0.6 is 11.3 Å². The van der Waals surface area contributed by atoms with Gasteiger partial charge in [-0.3, -0.25) is 0 Å². The summed E-state index contributed by atoms with van der Waals surface area (Å²) in [5.74, 6) is -2.24. The zero-order chi connectivity index (χ0) is 25.4. The molecule has 0 saturated heterocycles. The Morgan fingerprint density at radius 1 is 1.06 bits per heavy atom. The summed E-state index contributed by atoms with van der Waals surface area (Å²) in [5, 5.41) is 11.7. The van der Waals surface area contributed by atoms with Crippen LogP contribution in [0.3, 0.4) is 0 Å². The lowest BCUT2D eigenvalue weighted by Gasteiger charge is -2.18. The van der Waals surface area contributed by atoms with E-state index in [1.807, 2.05) is 19.1 Å². The van der Waals surface area contributed by atoms with Crippen LogP contribution < -0.4 is 14.9 Å². The second kappa shape index (κ2) is 12.1. The molecule has 2 aromatic rings. The highest BCUT2D eigenvalue weighted by Crippen LogP contribution is 2.28. The Morgan fingerprint density at radius 2 is 1.71 bits per heavy atom. The summed E-state index contributed by atoms with van der Waals surface area (Å²) in [5.41, 5.74) is 0.884. The minimum absolute atomic E-state index is 0.157. The van der Waals surface area contributed by atoms with Crippen LogP contribution in [0.4, 0.5) is 0 Å². The maximum absolute atomic E-state index is 12.8. The predicted octanol–water partition coefficient (Wildman–Crippen LogP) is 1.65. The summed E-state index contributed by atoms with van der Waals surface area (Å²) in [4.78, 5) is 27.5. The van der Waals surface area contributed by atoms with Crippen molar-refractivity contribution in [1.29, 1.82) is 0 Å². The summed E-state index contributed by atoms with van der Waals surface area (Å²) in [6.07, 6.45) is 1.23. The Balaban J connectivity index is 2.08. The van der Waals surface area contributed by atoms with Crippen molar-refractivity contribution in [1.82, 2.24) is 10.2 Å². The minimum atomic E-state index is -4.37. The zero-order valence-corrected chi connectivity index (χ0v) is 20.7. The summed E-state index contributed by atoms with van der Waals surface area (Å²) in [7, 11) is -6.62. The van der Waals surface area contributed by atoms with Crippen molar-refractivity contribution in [2.75, 3.05) is 19.4 Å². The fourth-order valence-electron chi connectivity index (χ4n) is 2.77. The lowest BCUT2D eigenvalue weighted by atomic mass is 10.0. The van der Waals surface area contributed by atoms with E-state index in [0.29, 0.717) is 35.8 Å². The third kappa shape index (κ3) is 7.92. The smallest absolute Gasteiger partial charge is 0.350 e. The molecule has 0 aliphatic heterocycles. The van der Waals surface area contributed by atoms with Gasteiger partial charge in [-0.15, -0.1) is 11.3 Å². The van der Waals surface area contributed by atoms with Crippen molar-refractivity contribution < 1.29 is 41.1 Å². The van der Waals surface area contributed by atoms with E-state index in [9.17, 15) is 26.4 Å². The molecule has 0 aliphatic rings. The number of ether oxygens (including phenoxy) is 1. The van der Waals surface area contributed by atoms with Gasteiger partial charge in [0, 0.05) is 18.2 Å². The molecule has 14 heteroatoms. The topological polar surface area (TPSA) is 165 Å². The van der Waals surface area contributed by atoms with E-state index in [-0.39, 0.29) is 26.6 Å². The highest BCUT2D eigenvalue weighted by molar-refractivity contribution is 7.95. The van der Waals surface area contributed by atoms with Gasteiger partial charge in [0.15, 0.2) is 9.84 Å². The second-order valence-electron chi connectivity index (χ2n) is 6.74. The molecular weight excluding hydrogens is 508 g/mol. The van der Waals surface area contributed by atoms with Gasteiger partial charge >= 0.3 is 11.9 Å². The number of hydrogen-bond acceptors (Lipinski definition) is 10. The van der Waals surface area contributed by atoms with E-state index in [1.165, 1.54) is 4.89 Å². The Kier molecular flexibility index (Phi) is 9.76. The molecule has 3 N–H and O–H groups in total. The van der Waals surface area contributed by atoms with E-state index in [4.69, 9.17) is 9.84 Å². The first kappa shape index (κ1) is 27.5. The van der Waals surface area contributed by atoms with E-state index in [1.54, 1.807) is 19.2 Å². The highest BCUT2D eigenvalue weighted by Gasteiger charge is 2.25. The first-order chi connectivity index (χ1) is 16.0. The van der Waals surface area contributed by atoms with Crippen molar-refractivity contribution in [2.24, 2.45) is 0 Å². The SMILES string of the molecule is CCNC(CCS(=O)(=O)c1ccc(S(=O)(=O)NOC(=O)/C=C\C(=O)O)s1)c1ccc(OC)cc1. The van der Waals surface area contributed by atoms with Gasteiger partial charge in [-0.2, -0.15) is 0 Å². The van der Waals surface area contributed by atoms with Crippen LogP contribution in [0.2, 0.25) is 0 Å².